The highest BCUT2D eigenvalue weighted by Gasteiger charge is 2.20. The molecule has 1 rings (SSSR count). The van der Waals surface area contributed by atoms with Gasteiger partial charge in [-0.1, -0.05) is 45.4 Å². The van der Waals surface area contributed by atoms with Gasteiger partial charge in [0.1, 0.15) is 0 Å². The molecule has 0 saturated carbocycles. The van der Waals surface area contributed by atoms with Crippen LogP contribution in [0.2, 0.25) is 0 Å². The summed E-state index contributed by atoms with van der Waals surface area (Å²) in [4.78, 5) is 12.3. The van der Waals surface area contributed by atoms with Crippen LogP contribution < -0.4 is 5.32 Å². The van der Waals surface area contributed by atoms with Gasteiger partial charge in [0, 0.05) is 12.2 Å². The van der Waals surface area contributed by atoms with Crippen molar-refractivity contribution in [2.75, 3.05) is 24.7 Å². The van der Waals surface area contributed by atoms with Gasteiger partial charge in [-0.15, -0.1) is 0 Å². The second kappa shape index (κ2) is 8.45. The predicted molar refractivity (Wildman–Crippen MR) is 95.2 cm³/mol. The monoisotopic (exact) mass is 340 g/mol. The molecule has 1 aromatic rings. The summed E-state index contributed by atoms with van der Waals surface area (Å²) in [7, 11) is -3.39. The number of rotatable bonds is 8. The summed E-state index contributed by atoms with van der Waals surface area (Å²) in [6.45, 7) is 8.27. The van der Waals surface area contributed by atoms with Crippen molar-refractivity contribution in [2.24, 2.45) is 0 Å². The quantitative estimate of drug-likeness (QED) is 0.790. The number of hydrogen-bond donors (Lipinski definition) is 1. The molecule has 6 heteroatoms. The van der Waals surface area contributed by atoms with Crippen LogP contribution in [0.25, 0.3) is 0 Å². The van der Waals surface area contributed by atoms with Gasteiger partial charge in [0.2, 0.25) is 15.9 Å². The van der Waals surface area contributed by atoms with Gasteiger partial charge in [0.25, 0.3) is 0 Å². The number of amides is 1. The smallest absolute Gasteiger partial charge is 0.239 e. The third-order valence-corrected chi connectivity index (χ3v) is 4.99. The summed E-state index contributed by atoms with van der Waals surface area (Å²) < 4.78 is 24.9. The highest BCUT2D eigenvalue weighted by atomic mass is 32.2. The summed E-state index contributed by atoms with van der Waals surface area (Å²) in [6, 6.07) is 5.88. The number of nitrogens with zero attached hydrogens (tertiary/aromatic N) is 1. The van der Waals surface area contributed by atoms with E-state index in [0.717, 1.165) is 35.9 Å². The van der Waals surface area contributed by atoms with E-state index >= 15 is 0 Å². The Labute approximate surface area is 140 Å². The number of anilines is 1. The largest absolute Gasteiger partial charge is 0.324 e. The minimum Gasteiger partial charge on any atom is -0.324 e. The molecule has 23 heavy (non-hydrogen) atoms. The fourth-order valence-electron chi connectivity index (χ4n) is 2.38. The Morgan fingerprint density at radius 1 is 1.30 bits per heavy atom. The van der Waals surface area contributed by atoms with Gasteiger partial charge in [-0.2, -0.15) is 4.31 Å². The fraction of sp³-hybridized carbons (Fsp3) is 0.588. The zero-order valence-corrected chi connectivity index (χ0v) is 15.5. The molecule has 0 radical (unpaired) electrons. The summed E-state index contributed by atoms with van der Waals surface area (Å²) >= 11 is 0. The topological polar surface area (TPSA) is 66.5 Å². The third-order valence-electron chi connectivity index (χ3n) is 3.74. The first-order chi connectivity index (χ1) is 10.7. The van der Waals surface area contributed by atoms with Crippen LogP contribution in [0.1, 0.15) is 50.7 Å². The molecule has 1 N–H and O–H groups in total. The molecule has 130 valence electrons. The van der Waals surface area contributed by atoms with Crippen LogP contribution in [-0.2, 0) is 14.8 Å². The van der Waals surface area contributed by atoms with Crippen molar-refractivity contribution in [3.63, 3.8) is 0 Å². The first kappa shape index (κ1) is 19.6. The summed E-state index contributed by atoms with van der Waals surface area (Å²) in [6.07, 6.45) is 2.76. The number of sulfonamides is 1. The van der Waals surface area contributed by atoms with E-state index in [0.29, 0.717) is 6.54 Å². The van der Waals surface area contributed by atoms with Crippen LogP contribution in [0.5, 0.6) is 0 Å². The molecular formula is C17H28N2O3S. The first-order valence-electron chi connectivity index (χ1n) is 8.01. The van der Waals surface area contributed by atoms with Gasteiger partial charge in [0.05, 0.1) is 12.8 Å². The van der Waals surface area contributed by atoms with E-state index in [-0.39, 0.29) is 18.4 Å². The number of nitrogens with one attached hydrogen (secondary N) is 1. The lowest BCUT2D eigenvalue weighted by Crippen LogP contribution is -2.38. The molecule has 0 fully saturated rings. The Morgan fingerprint density at radius 3 is 2.48 bits per heavy atom. The van der Waals surface area contributed by atoms with Gasteiger partial charge < -0.3 is 5.32 Å². The maximum atomic E-state index is 12.3. The van der Waals surface area contributed by atoms with Crippen molar-refractivity contribution < 1.29 is 13.2 Å². The molecule has 0 aromatic heterocycles. The summed E-state index contributed by atoms with van der Waals surface area (Å²) in [5.74, 6) is -0.0287. The number of carbonyl (C=O) groups is 1. The zero-order valence-electron chi connectivity index (χ0n) is 14.7. The van der Waals surface area contributed by atoms with Crippen LogP contribution in [0.15, 0.2) is 18.2 Å². The van der Waals surface area contributed by atoms with E-state index in [1.165, 1.54) is 4.31 Å². The number of benzene rings is 1. The first-order valence-corrected chi connectivity index (χ1v) is 9.86. The molecule has 0 heterocycles. The van der Waals surface area contributed by atoms with Crippen LogP contribution >= 0.6 is 0 Å². The lowest BCUT2D eigenvalue weighted by atomic mass is 9.98. The molecule has 0 saturated heterocycles. The van der Waals surface area contributed by atoms with E-state index in [2.05, 4.69) is 19.2 Å². The average molecular weight is 340 g/mol. The predicted octanol–water partition coefficient (Wildman–Crippen LogP) is 3.12. The van der Waals surface area contributed by atoms with Crippen LogP contribution in [0.4, 0.5) is 5.69 Å². The Bertz CT molecular complexity index is 639. The zero-order chi connectivity index (χ0) is 17.6. The van der Waals surface area contributed by atoms with E-state index < -0.39 is 10.0 Å². The maximum Gasteiger partial charge on any atom is 0.239 e. The van der Waals surface area contributed by atoms with Crippen molar-refractivity contribution in [3.8, 4) is 0 Å². The SMILES string of the molecule is CCCCN(CC(=O)Nc1c(C)cccc1C(C)C)S(C)(=O)=O. The standard InChI is InChI=1S/C17H28N2O3S/c1-6-7-11-19(23(5,21)22)12-16(20)18-17-14(4)9-8-10-15(17)13(2)3/h8-10,13H,6-7,11-12H2,1-5H3,(H,18,20). The minimum absolute atomic E-state index is 0.148. The van der Waals surface area contributed by atoms with Gasteiger partial charge in [-0.3, -0.25) is 4.79 Å². The molecular weight excluding hydrogens is 312 g/mol. The molecule has 0 bridgehead atoms. The van der Waals surface area contributed by atoms with Gasteiger partial charge in [-0.05, 0) is 30.4 Å². The molecule has 0 spiro atoms. The van der Waals surface area contributed by atoms with Crippen molar-refractivity contribution in [1.29, 1.82) is 0 Å². The van der Waals surface area contributed by atoms with E-state index in [4.69, 9.17) is 0 Å². The lowest BCUT2D eigenvalue weighted by molar-refractivity contribution is -0.116. The number of unbranched alkanes of at least 4 members (excludes halogenated alkanes) is 1. The van der Waals surface area contributed by atoms with Crippen molar-refractivity contribution in [3.05, 3.63) is 29.3 Å². The molecule has 0 atom stereocenters. The van der Waals surface area contributed by atoms with Gasteiger partial charge >= 0.3 is 0 Å². The molecule has 0 unspecified atom stereocenters. The van der Waals surface area contributed by atoms with Gasteiger partial charge in [-0.25, -0.2) is 8.42 Å². The molecule has 0 aliphatic rings. The molecule has 0 aliphatic carbocycles. The minimum atomic E-state index is -3.39. The number of carbonyl (C=O) groups excluding carboxylic acids is 1. The number of hydrogen-bond acceptors (Lipinski definition) is 3. The fourth-order valence-corrected chi connectivity index (χ4v) is 3.19. The Morgan fingerprint density at radius 2 is 1.96 bits per heavy atom. The van der Waals surface area contributed by atoms with Crippen molar-refractivity contribution in [2.45, 2.75) is 46.5 Å². The van der Waals surface area contributed by atoms with Crippen molar-refractivity contribution in [1.82, 2.24) is 4.31 Å². The second-order valence-electron chi connectivity index (χ2n) is 6.19. The summed E-state index contributed by atoms with van der Waals surface area (Å²) in [5.41, 5.74) is 2.82. The normalized spacial score (nSPS) is 12.0. The van der Waals surface area contributed by atoms with E-state index in [1.54, 1.807) is 0 Å². The highest BCUT2D eigenvalue weighted by molar-refractivity contribution is 7.88. The second-order valence-corrected chi connectivity index (χ2v) is 8.17. The van der Waals surface area contributed by atoms with Crippen molar-refractivity contribution >= 4 is 21.6 Å². The Hall–Kier alpha value is -1.40. The number of para-hydroxylation sites is 1. The molecule has 1 aromatic carbocycles. The third kappa shape index (κ3) is 5.95. The molecule has 5 nitrogen and oxygen atoms in total. The van der Waals surface area contributed by atoms with Crippen LogP contribution in [0.3, 0.4) is 0 Å². The summed E-state index contributed by atoms with van der Waals surface area (Å²) in [5, 5.41) is 2.89. The Balaban J connectivity index is 2.91. The Kier molecular flexibility index (Phi) is 7.22. The maximum absolute atomic E-state index is 12.3. The molecule has 1 amide bonds. The van der Waals surface area contributed by atoms with E-state index in [9.17, 15) is 13.2 Å². The highest BCUT2D eigenvalue weighted by Crippen LogP contribution is 2.27. The average Bonchev–Trinajstić information content (AvgIpc) is 2.44. The number of aryl methyl sites for hydroxylation is 1. The van der Waals surface area contributed by atoms with Crippen LogP contribution in [0, 0.1) is 6.92 Å². The molecule has 0 aliphatic heterocycles. The van der Waals surface area contributed by atoms with Crippen LogP contribution in [-0.4, -0.2) is 38.0 Å². The lowest BCUT2D eigenvalue weighted by Gasteiger charge is -2.21. The van der Waals surface area contributed by atoms with Gasteiger partial charge in [0.15, 0.2) is 0 Å². The van der Waals surface area contributed by atoms with E-state index in [1.807, 2.05) is 32.0 Å².